The lowest BCUT2D eigenvalue weighted by Gasteiger charge is -2.07. The van der Waals surface area contributed by atoms with Crippen LogP contribution in [0.15, 0.2) is 48.5 Å². The Hall–Kier alpha value is -2.20. The molecule has 1 heterocycles. The number of halogens is 1. The summed E-state index contributed by atoms with van der Waals surface area (Å²) >= 11 is 0. The zero-order valence-corrected chi connectivity index (χ0v) is 9.55. The predicted molar refractivity (Wildman–Crippen MR) is 67.0 cm³/mol. The van der Waals surface area contributed by atoms with Crippen LogP contribution in [0.5, 0.6) is 0 Å². The highest BCUT2D eigenvalue weighted by atomic mass is 19.1. The summed E-state index contributed by atoms with van der Waals surface area (Å²) in [5, 5.41) is 9.37. The Labute approximate surface area is 103 Å². The van der Waals surface area contributed by atoms with Crippen molar-refractivity contribution in [2.45, 2.75) is 6.61 Å². The number of rotatable bonds is 2. The van der Waals surface area contributed by atoms with E-state index in [9.17, 15) is 9.50 Å². The maximum absolute atomic E-state index is 13.9. The van der Waals surface area contributed by atoms with E-state index in [0.29, 0.717) is 16.9 Å². The first kappa shape index (κ1) is 10.9. The first-order chi connectivity index (χ1) is 8.81. The van der Waals surface area contributed by atoms with E-state index in [1.165, 1.54) is 6.07 Å². The minimum Gasteiger partial charge on any atom is -0.388 e. The molecule has 0 atom stereocenters. The molecular formula is C14H11FN2O. The van der Waals surface area contributed by atoms with E-state index in [1.54, 1.807) is 16.7 Å². The summed E-state index contributed by atoms with van der Waals surface area (Å²) in [5.41, 5.74) is 1.73. The quantitative estimate of drug-likeness (QED) is 0.750. The second-order valence-electron chi connectivity index (χ2n) is 3.96. The van der Waals surface area contributed by atoms with Gasteiger partial charge >= 0.3 is 0 Å². The number of aliphatic hydroxyl groups is 1. The fraction of sp³-hybridized carbons (Fsp3) is 0.0714. The van der Waals surface area contributed by atoms with Crippen molar-refractivity contribution in [1.82, 2.24) is 9.55 Å². The molecule has 0 bridgehead atoms. The number of benzene rings is 2. The molecule has 3 rings (SSSR count). The van der Waals surface area contributed by atoms with Gasteiger partial charge in [0.15, 0.2) is 0 Å². The summed E-state index contributed by atoms with van der Waals surface area (Å²) in [6, 6.07) is 14.1. The van der Waals surface area contributed by atoms with Crippen LogP contribution < -0.4 is 0 Å². The lowest BCUT2D eigenvalue weighted by atomic mass is 10.2. The fourth-order valence-corrected chi connectivity index (χ4v) is 2.09. The Balaban J connectivity index is 2.39. The minimum atomic E-state index is -0.344. The molecule has 0 aliphatic rings. The molecule has 0 aliphatic heterocycles. The normalized spacial score (nSPS) is 11.0. The average Bonchev–Trinajstić information content (AvgIpc) is 2.79. The molecule has 0 fully saturated rings. The highest BCUT2D eigenvalue weighted by Crippen LogP contribution is 2.23. The highest BCUT2D eigenvalue weighted by Gasteiger charge is 2.14. The summed E-state index contributed by atoms with van der Waals surface area (Å²) in [4.78, 5) is 4.24. The number of para-hydroxylation sites is 2. The van der Waals surface area contributed by atoms with E-state index in [4.69, 9.17) is 0 Å². The second kappa shape index (κ2) is 4.23. The van der Waals surface area contributed by atoms with Crippen LogP contribution in [0, 0.1) is 5.82 Å². The van der Waals surface area contributed by atoms with Gasteiger partial charge in [0.05, 0.1) is 5.52 Å². The van der Waals surface area contributed by atoms with Crippen molar-refractivity contribution in [3.05, 3.63) is 60.2 Å². The Morgan fingerprint density at radius 1 is 1.06 bits per heavy atom. The van der Waals surface area contributed by atoms with Crippen molar-refractivity contribution in [1.29, 1.82) is 0 Å². The molecule has 2 aromatic carbocycles. The van der Waals surface area contributed by atoms with Crippen LogP contribution in [0.25, 0.3) is 16.7 Å². The Morgan fingerprint density at radius 3 is 2.56 bits per heavy atom. The number of aliphatic hydroxyl groups excluding tert-OH is 1. The fourth-order valence-electron chi connectivity index (χ4n) is 2.09. The van der Waals surface area contributed by atoms with Gasteiger partial charge < -0.3 is 5.11 Å². The number of aromatic nitrogens is 2. The number of hydrogen-bond donors (Lipinski definition) is 1. The van der Waals surface area contributed by atoms with Gasteiger partial charge in [-0.25, -0.2) is 9.37 Å². The zero-order valence-electron chi connectivity index (χ0n) is 9.55. The topological polar surface area (TPSA) is 38.1 Å². The van der Waals surface area contributed by atoms with Gasteiger partial charge in [-0.2, -0.15) is 0 Å². The van der Waals surface area contributed by atoms with Crippen LogP contribution >= 0.6 is 0 Å². The second-order valence-corrected chi connectivity index (χ2v) is 3.96. The molecule has 3 aromatic rings. The first-order valence-corrected chi connectivity index (χ1v) is 5.63. The summed E-state index contributed by atoms with van der Waals surface area (Å²) in [7, 11) is 0. The Bertz CT molecular complexity index is 692. The number of nitrogens with zero attached hydrogens (tertiary/aromatic N) is 2. The third-order valence-electron chi connectivity index (χ3n) is 2.85. The maximum Gasteiger partial charge on any atom is 0.149 e. The van der Waals surface area contributed by atoms with Gasteiger partial charge in [-0.05, 0) is 24.3 Å². The van der Waals surface area contributed by atoms with Crippen molar-refractivity contribution in [3.8, 4) is 5.69 Å². The summed E-state index contributed by atoms with van der Waals surface area (Å²) in [6.07, 6.45) is 0. The van der Waals surface area contributed by atoms with Crippen LogP contribution in [0.3, 0.4) is 0 Å². The van der Waals surface area contributed by atoms with Gasteiger partial charge in [-0.15, -0.1) is 0 Å². The molecule has 1 aromatic heterocycles. The first-order valence-electron chi connectivity index (χ1n) is 5.63. The molecule has 90 valence electrons. The lowest BCUT2D eigenvalue weighted by molar-refractivity contribution is 0.270. The maximum atomic E-state index is 13.9. The van der Waals surface area contributed by atoms with Crippen molar-refractivity contribution < 1.29 is 9.50 Å². The van der Waals surface area contributed by atoms with Crippen molar-refractivity contribution in [2.24, 2.45) is 0 Å². The monoisotopic (exact) mass is 242 g/mol. The van der Waals surface area contributed by atoms with E-state index in [0.717, 1.165) is 5.69 Å². The molecule has 0 radical (unpaired) electrons. The molecule has 0 unspecified atom stereocenters. The molecule has 0 saturated carbocycles. The van der Waals surface area contributed by atoms with Crippen LogP contribution in [-0.4, -0.2) is 14.7 Å². The van der Waals surface area contributed by atoms with Crippen molar-refractivity contribution in [3.63, 3.8) is 0 Å². The van der Waals surface area contributed by atoms with Crippen LogP contribution in [0.2, 0.25) is 0 Å². The Morgan fingerprint density at radius 2 is 1.83 bits per heavy atom. The number of hydrogen-bond acceptors (Lipinski definition) is 2. The lowest BCUT2D eigenvalue weighted by Crippen LogP contribution is -2.01. The highest BCUT2D eigenvalue weighted by molar-refractivity contribution is 5.78. The van der Waals surface area contributed by atoms with Crippen molar-refractivity contribution in [2.75, 3.05) is 0 Å². The summed E-state index contributed by atoms with van der Waals surface area (Å²) in [5.74, 6) is 0.0878. The van der Waals surface area contributed by atoms with E-state index in [2.05, 4.69) is 4.98 Å². The summed E-state index contributed by atoms with van der Waals surface area (Å²) in [6.45, 7) is -0.233. The molecule has 1 N–H and O–H groups in total. The molecule has 0 amide bonds. The molecule has 18 heavy (non-hydrogen) atoms. The molecule has 0 aliphatic carbocycles. The number of fused-ring (bicyclic) bond motifs is 1. The smallest absolute Gasteiger partial charge is 0.149 e. The minimum absolute atomic E-state index is 0.233. The largest absolute Gasteiger partial charge is 0.388 e. The van der Waals surface area contributed by atoms with Crippen LogP contribution in [-0.2, 0) is 6.61 Å². The van der Waals surface area contributed by atoms with E-state index >= 15 is 0 Å². The van der Waals surface area contributed by atoms with E-state index < -0.39 is 0 Å². The third-order valence-corrected chi connectivity index (χ3v) is 2.85. The number of imidazole rings is 1. The van der Waals surface area contributed by atoms with Gasteiger partial charge in [0.1, 0.15) is 23.8 Å². The standard InChI is InChI=1S/C14H11FN2O/c15-11-7-4-8-12-14(11)17(13(9-18)16-12)10-5-2-1-3-6-10/h1-8,18H,9H2. The van der Waals surface area contributed by atoms with Crippen LogP contribution in [0.1, 0.15) is 5.82 Å². The SMILES string of the molecule is OCc1nc2cccc(F)c2n1-c1ccccc1. The van der Waals surface area contributed by atoms with E-state index in [-0.39, 0.29) is 12.4 Å². The third kappa shape index (κ3) is 1.58. The zero-order chi connectivity index (χ0) is 12.5. The van der Waals surface area contributed by atoms with Crippen LogP contribution in [0.4, 0.5) is 4.39 Å². The molecular weight excluding hydrogens is 231 g/mol. The van der Waals surface area contributed by atoms with Gasteiger partial charge in [-0.1, -0.05) is 24.3 Å². The van der Waals surface area contributed by atoms with Gasteiger partial charge in [0.2, 0.25) is 0 Å². The average molecular weight is 242 g/mol. The van der Waals surface area contributed by atoms with Gasteiger partial charge in [0.25, 0.3) is 0 Å². The van der Waals surface area contributed by atoms with Crippen molar-refractivity contribution >= 4 is 11.0 Å². The Kier molecular flexibility index (Phi) is 2.57. The molecule has 4 heteroatoms. The predicted octanol–water partition coefficient (Wildman–Crippen LogP) is 2.66. The molecule has 3 nitrogen and oxygen atoms in total. The van der Waals surface area contributed by atoms with Gasteiger partial charge in [-0.3, -0.25) is 4.57 Å². The van der Waals surface area contributed by atoms with E-state index in [1.807, 2.05) is 30.3 Å². The molecule has 0 spiro atoms. The summed E-state index contributed by atoms with van der Waals surface area (Å²) < 4.78 is 15.6. The van der Waals surface area contributed by atoms with Gasteiger partial charge in [0, 0.05) is 5.69 Å². The molecule has 0 saturated heterocycles.